The lowest BCUT2D eigenvalue weighted by Crippen LogP contribution is -2.15. The van der Waals surface area contributed by atoms with Gasteiger partial charge in [-0.1, -0.05) is 0 Å². The van der Waals surface area contributed by atoms with E-state index in [1.165, 1.54) is 14.2 Å². The number of methoxy groups -OCH3 is 2. The lowest BCUT2D eigenvalue weighted by molar-refractivity contribution is 0.415. The van der Waals surface area contributed by atoms with Crippen molar-refractivity contribution in [3.8, 4) is 46.2 Å². The van der Waals surface area contributed by atoms with Gasteiger partial charge in [0.2, 0.25) is 0 Å². The van der Waals surface area contributed by atoms with Crippen molar-refractivity contribution in [3.05, 3.63) is 80.4 Å². The number of benzene rings is 2. The summed E-state index contributed by atoms with van der Waals surface area (Å²) in [7, 11) is 5.14. The van der Waals surface area contributed by atoms with Gasteiger partial charge < -0.3 is 9.47 Å². The fraction of sp³-hybridized carbons (Fsp3) is 0.0833. The third kappa shape index (κ3) is 5.10. The van der Waals surface area contributed by atoms with Gasteiger partial charge in [-0.15, -0.1) is 0 Å². The Morgan fingerprint density at radius 2 is 1.06 bits per heavy atom. The number of aromatic amines is 2. The van der Waals surface area contributed by atoms with E-state index in [1.54, 1.807) is 48.5 Å². The van der Waals surface area contributed by atoms with Crippen molar-refractivity contribution in [2.24, 2.45) is 0 Å². The lowest BCUT2D eigenvalue weighted by atomic mass is 10.1. The van der Waals surface area contributed by atoms with Crippen molar-refractivity contribution < 1.29 is 9.47 Å². The molecule has 36 heavy (non-hydrogen) atoms. The van der Waals surface area contributed by atoms with Crippen LogP contribution in [-0.2, 0) is 0 Å². The molecule has 0 amide bonds. The second kappa shape index (κ2) is 10.8. The van der Waals surface area contributed by atoms with E-state index in [0.29, 0.717) is 22.6 Å². The summed E-state index contributed by atoms with van der Waals surface area (Å²) in [4.78, 5) is 39.1. The Morgan fingerprint density at radius 1 is 0.694 bits per heavy atom. The largest absolute Gasteiger partial charge is 0.497 e. The van der Waals surface area contributed by atoms with Crippen LogP contribution in [0.1, 0.15) is 11.1 Å². The van der Waals surface area contributed by atoms with E-state index in [-0.39, 0.29) is 32.8 Å². The van der Waals surface area contributed by atoms with E-state index in [0.717, 1.165) is 21.6 Å². The molecule has 0 fully saturated rings. The first-order chi connectivity index (χ1) is 17.5. The van der Waals surface area contributed by atoms with E-state index in [2.05, 4.69) is 19.9 Å². The van der Waals surface area contributed by atoms with Gasteiger partial charge in [0.25, 0.3) is 11.1 Å². The molecule has 0 saturated heterocycles. The molecule has 0 unspecified atom stereocenters. The second-order valence-corrected chi connectivity index (χ2v) is 9.14. The maximum Gasteiger partial charge on any atom is 0.270 e. The molecule has 4 aromatic rings. The van der Waals surface area contributed by atoms with Gasteiger partial charge in [-0.25, -0.2) is 9.97 Å². The van der Waals surface area contributed by atoms with Crippen molar-refractivity contribution in [1.82, 2.24) is 19.9 Å². The van der Waals surface area contributed by atoms with Crippen molar-refractivity contribution in [2.75, 3.05) is 14.2 Å². The van der Waals surface area contributed by atoms with Crippen LogP contribution in [0.3, 0.4) is 0 Å². The quantitative estimate of drug-likeness (QED) is 0.274. The fourth-order valence-corrected chi connectivity index (χ4v) is 4.82. The molecule has 2 aromatic heterocycles. The van der Waals surface area contributed by atoms with Crippen LogP contribution in [0, 0.1) is 22.7 Å². The summed E-state index contributed by atoms with van der Waals surface area (Å²) in [5.41, 5.74) is 0.124. The molecule has 12 heteroatoms. The Hall–Kier alpha value is -4.52. The van der Waals surface area contributed by atoms with Crippen LogP contribution in [0.2, 0.25) is 0 Å². The Morgan fingerprint density at radius 3 is 1.36 bits per heavy atom. The molecule has 0 radical (unpaired) electrons. The van der Waals surface area contributed by atoms with Crippen LogP contribution in [0.4, 0.5) is 0 Å². The highest BCUT2D eigenvalue weighted by atomic mass is 33.1. The monoisotopic (exact) mass is 516 g/mol. The van der Waals surface area contributed by atoms with Crippen molar-refractivity contribution in [3.63, 3.8) is 0 Å². The number of H-pyrrole nitrogens is 2. The summed E-state index contributed by atoms with van der Waals surface area (Å²) in [6.07, 6.45) is 0. The third-order valence-electron chi connectivity index (χ3n) is 4.95. The smallest absolute Gasteiger partial charge is 0.270 e. The fourth-order valence-electron chi connectivity index (χ4n) is 3.19. The standard InChI is InChI=1S/C24H16N6O4S2/c1-33-15-7-3-13(4-8-15)19-17(11-25)21(31)29-23(27-19)35-36-24-28-20(18(12-26)22(32)30-24)14-5-9-16(34-2)10-6-14/h3-10H,1-2H3,(H,27,29,31)(H,28,30,32). The molecule has 2 N–H and O–H groups in total. The van der Waals surface area contributed by atoms with E-state index in [9.17, 15) is 20.1 Å². The van der Waals surface area contributed by atoms with Gasteiger partial charge in [-0.2, -0.15) is 10.5 Å². The summed E-state index contributed by atoms with van der Waals surface area (Å²) in [5, 5.41) is 19.4. The van der Waals surface area contributed by atoms with Gasteiger partial charge in [0, 0.05) is 11.1 Å². The molecular formula is C24H16N6O4S2. The van der Waals surface area contributed by atoms with Crippen molar-refractivity contribution >= 4 is 21.6 Å². The highest BCUT2D eigenvalue weighted by Crippen LogP contribution is 2.35. The average Bonchev–Trinajstić information content (AvgIpc) is 2.91. The Kier molecular flexibility index (Phi) is 7.39. The Balaban J connectivity index is 1.67. The molecule has 0 bridgehead atoms. The number of nitrogens with zero attached hydrogens (tertiary/aromatic N) is 4. The molecule has 0 spiro atoms. The SMILES string of the molecule is COc1ccc(-c2nc(SSc3nc(-c4ccc(OC)cc4)c(C#N)c(=O)[nH]3)[nH]c(=O)c2C#N)cc1. The van der Waals surface area contributed by atoms with Crippen LogP contribution in [0.15, 0.2) is 68.4 Å². The number of rotatable bonds is 7. The van der Waals surface area contributed by atoms with Gasteiger partial charge in [0.05, 0.1) is 25.6 Å². The predicted octanol–water partition coefficient (Wildman–Crippen LogP) is 3.75. The maximum atomic E-state index is 12.5. The zero-order valence-corrected chi connectivity index (χ0v) is 20.5. The molecule has 10 nitrogen and oxygen atoms in total. The molecule has 2 aromatic carbocycles. The van der Waals surface area contributed by atoms with Gasteiger partial charge in [0.1, 0.15) is 34.8 Å². The van der Waals surface area contributed by atoms with Crippen LogP contribution < -0.4 is 20.6 Å². The molecule has 0 aliphatic rings. The normalized spacial score (nSPS) is 10.3. The Bertz CT molecular complexity index is 1490. The van der Waals surface area contributed by atoms with E-state index in [1.807, 2.05) is 12.1 Å². The molecule has 2 heterocycles. The number of nitrogens with one attached hydrogen (secondary N) is 2. The molecule has 0 aliphatic carbocycles. The molecule has 0 saturated carbocycles. The maximum absolute atomic E-state index is 12.5. The summed E-state index contributed by atoms with van der Waals surface area (Å²) in [6.45, 7) is 0. The van der Waals surface area contributed by atoms with Gasteiger partial charge in [0.15, 0.2) is 10.3 Å². The predicted molar refractivity (Wildman–Crippen MR) is 135 cm³/mol. The zero-order valence-electron chi connectivity index (χ0n) is 18.9. The minimum absolute atomic E-state index is 0.124. The van der Waals surface area contributed by atoms with E-state index >= 15 is 0 Å². The molecular weight excluding hydrogens is 500 g/mol. The second-order valence-electron chi connectivity index (χ2n) is 7.04. The number of hydrogen-bond donors (Lipinski definition) is 2. The third-order valence-corrected chi connectivity index (χ3v) is 6.93. The first-order valence-corrected chi connectivity index (χ1v) is 12.3. The molecule has 0 aliphatic heterocycles. The van der Waals surface area contributed by atoms with Crippen LogP contribution in [0.5, 0.6) is 11.5 Å². The molecule has 0 atom stereocenters. The van der Waals surface area contributed by atoms with Gasteiger partial charge >= 0.3 is 0 Å². The summed E-state index contributed by atoms with van der Waals surface area (Å²) in [6, 6.07) is 17.4. The summed E-state index contributed by atoms with van der Waals surface area (Å²) in [5.74, 6) is 1.24. The number of ether oxygens (including phenoxy) is 2. The van der Waals surface area contributed by atoms with E-state index < -0.39 is 11.1 Å². The average molecular weight is 517 g/mol. The number of nitriles is 2. The van der Waals surface area contributed by atoms with Gasteiger partial charge in [-0.3, -0.25) is 19.6 Å². The minimum Gasteiger partial charge on any atom is -0.497 e. The highest BCUT2D eigenvalue weighted by molar-refractivity contribution is 8.76. The molecule has 178 valence electrons. The topological polar surface area (TPSA) is 158 Å². The van der Waals surface area contributed by atoms with Crippen molar-refractivity contribution in [2.45, 2.75) is 10.3 Å². The first-order valence-electron chi connectivity index (χ1n) is 10.2. The Labute approximate surface area is 212 Å². The minimum atomic E-state index is -0.596. The van der Waals surface area contributed by atoms with Crippen LogP contribution in [-0.4, -0.2) is 34.2 Å². The number of aromatic nitrogens is 4. The summed E-state index contributed by atoms with van der Waals surface area (Å²) < 4.78 is 10.3. The number of hydrogen-bond acceptors (Lipinski definition) is 10. The summed E-state index contributed by atoms with van der Waals surface area (Å²) >= 11 is 0. The van der Waals surface area contributed by atoms with Crippen LogP contribution in [0.25, 0.3) is 22.5 Å². The van der Waals surface area contributed by atoms with Crippen LogP contribution >= 0.6 is 21.6 Å². The molecule has 4 rings (SSSR count). The zero-order chi connectivity index (χ0) is 25.7. The first kappa shape index (κ1) is 24.6. The lowest BCUT2D eigenvalue weighted by Gasteiger charge is -2.08. The highest BCUT2D eigenvalue weighted by Gasteiger charge is 2.17. The van der Waals surface area contributed by atoms with E-state index in [4.69, 9.17) is 9.47 Å². The van der Waals surface area contributed by atoms with Gasteiger partial charge in [-0.05, 0) is 70.1 Å². The van der Waals surface area contributed by atoms with Crippen molar-refractivity contribution in [1.29, 1.82) is 10.5 Å².